The van der Waals surface area contributed by atoms with Crippen LogP contribution in [0.5, 0.6) is 11.6 Å². The number of aromatic nitrogens is 2. The van der Waals surface area contributed by atoms with Gasteiger partial charge in [-0.15, -0.1) is 0 Å². The molecule has 23 heavy (non-hydrogen) atoms. The first-order valence-corrected chi connectivity index (χ1v) is 7.60. The number of likely N-dealkylation sites (tertiary alicyclic amines) is 1. The van der Waals surface area contributed by atoms with Crippen LogP contribution in [0.25, 0.3) is 0 Å². The van der Waals surface area contributed by atoms with Gasteiger partial charge in [0.2, 0.25) is 5.88 Å². The molecule has 1 amide bonds. The summed E-state index contributed by atoms with van der Waals surface area (Å²) >= 11 is 0. The van der Waals surface area contributed by atoms with Crippen LogP contribution in [0.4, 0.5) is 0 Å². The van der Waals surface area contributed by atoms with Crippen molar-refractivity contribution < 1.29 is 14.3 Å². The second-order valence-electron chi connectivity index (χ2n) is 5.52. The van der Waals surface area contributed by atoms with E-state index >= 15 is 0 Å². The van der Waals surface area contributed by atoms with Crippen LogP contribution in [0.2, 0.25) is 0 Å². The van der Waals surface area contributed by atoms with Gasteiger partial charge in [0.25, 0.3) is 5.91 Å². The van der Waals surface area contributed by atoms with Crippen LogP contribution >= 0.6 is 0 Å². The molecular formula is C17H19N3O3. The number of nitrogens with zero attached hydrogens (tertiary/aromatic N) is 3. The van der Waals surface area contributed by atoms with E-state index in [0.29, 0.717) is 24.7 Å². The summed E-state index contributed by atoms with van der Waals surface area (Å²) < 4.78 is 11.3. The molecule has 1 unspecified atom stereocenters. The van der Waals surface area contributed by atoms with Gasteiger partial charge in [-0.05, 0) is 24.6 Å². The Morgan fingerprint density at radius 3 is 3.00 bits per heavy atom. The topological polar surface area (TPSA) is 64.5 Å². The van der Waals surface area contributed by atoms with Crippen molar-refractivity contribution in [1.29, 1.82) is 0 Å². The fourth-order valence-corrected chi connectivity index (χ4v) is 2.41. The number of hydrogen-bond acceptors (Lipinski definition) is 5. The van der Waals surface area contributed by atoms with E-state index in [4.69, 9.17) is 9.47 Å². The molecule has 1 fully saturated rings. The van der Waals surface area contributed by atoms with Crippen molar-refractivity contribution in [1.82, 2.24) is 14.9 Å². The van der Waals surface area contributed by atoms with Crippen LogP contribution in [0.1, 0.15) is 12.0 Å². The average Bonchev–Trinajstić information content (AvgIpc) is 3.04. The van der Waals surface area contributed by atoms with Gasteiger partial charge in [-0.3, -0.25) is 9.78 Å². The summed E-state index contributed by atoms with van der Waals surface area (Å²) in [5.74, 6) is 1.15. The van der Waals surface area contributed by atoms with Gasteiger partial charge in [-0.25, -0.2) is 4.98 Å². The van der Waals surface area contributed by atoms with Gasteiger partial charge in [-0.1, -0.05) is 6.07 Å². The third-order valence-electron chi connectivity index (χ3n) is 3.67. The van der Waals surface area contributed by atoms with E-state index in [1.54, 1.807) is 35.6 Å². The molecule has 0 aliphatic carbocycles. The van der Waals surface area contributed by atoms with Crippen molar-refractivity contribution in [3.8, 4) is 11.6 Å². The quantitative estimate of drug-likeness (QED) is 0.843. The molecule has 3 heterocycles. The monoisotopic (exact) mass is 313 g/mol. The molecule has 1 aliphatic rings. The smallest absolute Gasteiger partial charge is 0.260 e. The minimum absolute atomic E-state index is 0.0151. The molecule has 2 aromatic heterocycles. The van der Waals surface area contributed by atoms with Crippen LogP contribution in [-0.4, -0.2) is 46.6 Å². The van der Waals surface area contributed by atoms with Gasteiger partial charge in [0.05, 0.1) is 12.7 Å². The van der Waals surface area contributed by atoms with Gasteiger partial charge in [0.15, 0.2) is 6.61 Å². The Kier molecular flexibility index (Phi) is 4.71. The summed E-state index contributed by atoms with van der Waals surface area (Å²) in [7, 11) is 0. The van der Waals surface area contributed by atoms with Crippen molar-refractivity contribution >= 4 is 5.91 Å². The van der Waals surface area contributed by atoms with Crippen LogP contribution in [-0.2, 0) is 4.79 Å². The minimum atomic E-state index is -0.0446. The van der Waals surface area contributed by atoms with E-state index in [1.807, 2.05) is 19.1 Å². The summed E-state index contributed by atoms with van der Waals surface area (Å²) in [5, 5.41) is 0. The van der Waals surface area contributed by atoms with Gasteiger partial charge in [-0.2, -0.15) is 0 Å². The summed E-state index contributed by atoms with van der Waals surface area (Å²) in [6.45, 7) is 3.23. The third kappa shape index (κ3) is 4.18. The summed E-state index contributed by atoms with van der Waals surface area (Å²) in [4.78, 5) is 22.1. The maximum absolute atomic E-state index is 12.2. The molecule has 0 aromatic carbocycles. The lowest BCUT2D eigenvalue weighted by atomic mass is 10.3. The largest absolute Gasteiger partial charge is 0.482 e. The lowest BCUT2D eigenvalue weighted by Gasteiger charge is -2.17. The summed E-state index contributed by atoms with van der Waals surface area (Å²) in [6, 6.07) is 7.36. The predicted octanol–water partition coefficient (Wildman–Crippen LogP) is 1.84. The number of carbonyl (C=O) groups excluding carboxylic acids is 1. The van der Waals surface area contributed by atoms with Crippen molar-refractivity contribution in [3.63, 3.8) is 0 Å². The van der Waals surface area contributed by atoms with Gasteiger partial charge < -0.3 is 14.4 Å². The summed E-state index contributed by atoms with van der Waals surface area (Å²) in [5.41, 5.74) is 1.09. The molecule has 1 atom stereocenters. The molecule has 120 valence electrons. The first-order valence-electron chi connectivity index (χ1n) is 7.60. The molecule has 0 spiro atoms. The van der Waals surface area contributed by atoms with E-state index in [0.717, 1.165) is 12.0 Å². The maximum Gasteiger partial charge on any atom is 0.260 e. The molecule has 0 N–H and O–H groups in total. The molecule has 6 nitrogen and oxygen atoms in total. The predicted molar refractivity (Wildman–Crippen MR) is 84.3 cm³/mol. The maximum atomic E-state index is 12.2. The second kappa shape index (κ2) is 7.09. The van der Waals surface area contributed by atoms with Crippen LogP contribution in [0, 0.1) is 6.92 Å². The van der Waals surface area contributed by atoms with E-state index in [1.165, 1.54) is 0 Å². The SMILES string of the molecule is Cc1ccc(OC2CCN(C(=O)COc3cccnc3)C2)nc1. The number of pyridine rings is 2. The highest BCUT2D eigenvalue weighted by Gasteiger charge is 2.28. The van der Waals surface area contributed by atoms with E-state index in [9.17, 15) is 4.79 Å². The highest BCUT2D eigenvalue weighted by molar-refractivity contribution is 5.78. The zero-order valence-electron chi connectivity index (χ0n) is 13.0. The van der Waals surface area contributed by atoms with Crippen molar-refractivity contribution in [2.75, 3.05) is 19.7 Å². The standard InChI is InChI=1S/C17H19N3O3/c1-13-4-5-16(19-9-13)23-15-6-8-20(11-15)17(21)12-22-14-3-2-7-18-10-14/h2-5,7,9-10,15H,6,8,11-12H2,1H3. The molecule has 1 aliphatic heterocycles. The number of carbonyl (C=O) groups is 1. The molecule has 2 aromatic rings. The lowest BCUT2D eigenvalue weighted by molar-refractivity contribution is -0.132. The Bertz CT molecular complexity index is 646. The van der Waals surface area contributed by atoms with Gasteiger partial charge >= 0.3 is 0 Å². The molecule has 3 rings (SSSR count). The molecule has 0 radical (unpaired) electrons. The third-order valence-corrected chi connectivity index (χ3v) is 3.67. The first kappa shape index (κ1) is 15.3. The Labute approximate surface area is 135 Å². The van der Waals surface area contributed by atoms with E-state index < -0.39 is 0 Å². The Morgan fingerprint density at radius 2 is 2.26 bits per heavy atom. The van der Waals surface area contributed by atoms with Crippen LogP contribution < -0.4 is 9.47 Å². The van der Waals surface area contributed by atoms with E-state index in [-0.39, 0.29) is 18.6 Å². The Hall–Kier alpha value is -2.63. The number of rotatable bonds is 5. The number of amides is 1. The number of ether oxygens (including phenoxy) is 2. The highest BCUT2D eigenvalue weighted by Crippen LogP contribution is 2.17. The Balaban J connectivity index is 1.47. The highest BCUT2D eigenvalue weighted by atomic mass is 16.5. The average molecular weight is 313 g/mol. The van der Waals surface area contributed by atoms with Gasteiger partial charge in [0.1, 0.15) is 11.9 Å². The second-order valence-corrected chi connectivity index (χ2v) is 5.52. The number of hydrogen-bond donors (Lipinski definition) is 0. The molecule has 0 bridgehead atoms. The van der Waals surface area contributed by atoms with Crippen LogP contribution in [0.3, 0.4) is 0 Å². The van der Waals surface area contributed by atoms with Crippen molar-refractivity contribution in [2.24, 2.45) is 0 Å². The zero-order valence-corrected chi connectivity index (χ0v) is 13.0. The fourth-order valence-electron chi connectivity index (χ4n) is 2.41. The van der Waals surface area contributed by atoms with Crippen molar-refractivity contribution in [2.45, 2.75) is 19.4 Å². The fraction of sp³-hybridized carbons (Fsp3) is 0.353. The normalized spacial score (nSPS) is 17.1. The van der Waals surface area contributed by atoms with Crippen molar-refractivity contribution in [3.05, 3.63) is 48.4 Å². The van der Waals surface area contributed by atoms with Crippen LogP contribution in [0.15, 0.2) is 42.9 Å². The minimum Gasteiger partial charge on any atom is -0.482 e. The lowest BCUT2D eigenvalue weighted by Crippen LogP contribution is -2.34. The molecular weight excluding hydrogens is 294 g/mol. The molecule has 1 saturated heterocycles. The van der Waals surface area contributed by atoms with Gasteiger partial charge in [0, 0.05) is 31.4 Å². The molecule has 6 heteroatoms. The molecule has 0 saturated carbocycles. The van der Waals surface area contributed by atoms with E-state index in [2.05, 4.69) is 9.97 Å². The zero-order chi connectivity index (χ0) is 16.1. The first-order chi connectivity index (χ1) is 11.2. The Morgan fingerprint density at radius 1 is 1.35 bits per heavy atom. The summed E-state index contributed by atoms with van der Waals surface area (Å²) in [6.07, 6.45) is 5.80. The number of aryl methyl sites for hydroxylation is 1.